The average Bonchev–Trinajstić information content (AvgIpc) is 2.29. The largest absolute Gasteiger partial charge is 0.273 e. The first-order valence-electron chi connectivity index (χ1n) is 5.52. The summed E-state index contributed by atoms with van der Waals surface area (Å²) in [4.78, 5) is 10.6. The van der Waals surface area contributed by atoms with Crippen molar-refractivity contribution in [2.45, 2.75) is 32.1 Å². The van der Waals surface area contributed by atoms with Gasteiger partial charge in [0.2, 0.25) is 0 Å². The molecule has 0 N–H and O–H groups in total. The normalized spacial score (nSPS) is 14.4. The van der Waals surface area contributed by atoms with Crippen molar-refractivity contribution >= 4 is 33.2 Å². The fourth-order valence-corrected chi connectivity index (χ4v) is 2.19. The fraction of sp³-hybridized carbons (Fsp3) is 0.500. The van der Waals surface area contributed by atoms with E-state index < -0.39 is 0 Å². The van der Waals surface area contributed by atoms with E-state index in [1.165, 1.54) is 6.07 Å². The van der Waals surface area contributed by atoms with E-state index in [1.54, 1.807) is 6.07 Å². The zero-order valence-electron chi connectivity index (χ0n) is 9.82. The Kier molecular flexibility index (Phi) is 5.40. The van der Waals surface area contributed by atoms with E-state index in [0.29, 0.717) is 6.42 Å². The maximum atomic E-state index is 10.9. The summed E-state index contributed by atoms with van der Waals surface area (Å²) in [6, 6.07) is 5.15. The molecule has 17 heavy (non-hydrogen) atoms. The molecule has 2 unspecified atom stereocenters. The van der Waals surface area contributed by atoms with Crippen LogP contribution < -0.4 is 0 Å². The molecule has 0 saturated carbocycles. The van der Waals surface area contributed by atoms with Crippen LogP contribution in [0.3, 0.4) is 0 Å². The summed E-state index contributed by atoms with van der Waals surface area (Å²) in [7, 11) is 0. The lowest BCUT2D eigenvalue weighted by Gasteiger charge is -2.16. The molecule has 1 rings (SSSR count). The molecule has 0 aliphatic heterocycles. The van der Waals surface area contributed by atoms with Crippen LogP contribution >= 0.6 is 27.5 Å². The number of nitrogens with zero attached hydrogens (tertiary/aromatic N) is 1. The molecule has 1 aromatic carbocycles. The summed E-state index contributed by atoms with van der Waals surface area (Å²) in [6.45, 7) is 4.04. The van der Waals surface area contributed by atoms with Crippen molar-refractivity contribution in [1.82, 2.24) is 0 Å². The van der Waals surface area contributed by atoms with E-state index in [4.69, 9.17) is 11.6 Å². The minimum atomic E-state index is -0.345. The number of nitro benzene ring substituents is 1. The van der Waals surface area contributed by atoms with Crippen molar-refractivity contribution in [3.05, 3.63) is 38.3 Å². The molecule has 3 nitrogen and oxygen atoms in total. The first kappa shape index (κ1) is 14.5. The number of nitro groups is 1. The minimum absolute atomic E-state index is 0.0539. The topological polar surface area (TPSA) is 43.1 Å². The Morgan fingerprint density at radius 3 is 2.71 bits per heavy atom. The van der Waals surface area contributed by atoms with Crippen LogP contribution in [0.4, 0.5) is 5.69 Å². The number of hydrogen-bond donors (Lipinski definition) is 0. The van der Waals surface area contributed by atoms with E-state index in [1.807, 2.05) is 19.9 Å². The molecule has 0 aliphatic rings. The van der Waals surface area contributed by atoms with Crippen LogP contribution in [-0.4, -0.2) is 10.3 Å². The third kappa shape index (κ3) is 3.96. The second-order valence-electron chi connectivity index (χ2n) is 4.14. The highest BCUT2D eigenvalue weighted by Crippen LogP contribution is 2.28. The average molecular weight is 321 g/mol. The van der Waals surface area contributed by atoms with Gasteiger partial charge in [0.05, 0.1) is 4.92 Å². The van der Waals surface area contributed by atoms with Gasteiger partial charge in [0, 0.05) is 21.5 Å². The van der Waals surface area contributed by atoms with Crippen LogP contribution in [-0.2, 0) is 6.42 Å². The third-order valence-electron chi connectivity index (χ3n) is 2.79. The van der Waals surface area contributed by atoms with Gasteiger partial charge in [0.1, 0.15) is 0 Å². The summed E-state index contributed by atoms with van der Waals surface area (Å²) in [5.41, 5.74) is 0.899. The standard InChI is InChI=1S/C12H15BrClNO2/c1-3-11(14)8(2)6-9-4-5-10(13)7-12(9)15(16)17/h4-5,7-8,11H,3,6H2,1-2H3. The first-order chi connectivity index (χ1) is 7.95. The van der Waals surface area contributed by atoms with E-state index in [9.17, 15) is 10.1 Å². The third-order valence-corrected chi connectivity index (χ3v) is 4.03. The predicted octanol–water partition coefficient (Wildman–Crippen LogP) is 4.55. The van der Waals surface area contributed by atoms with E-state index in [2.05, 4.69) is 15.9 Å². The number of halogens is 2. The zero-order valence-corrected chi connectivity index (χ0v) is 12.2. The van der Waals surface area contributed by atoms with E-state index in [0.717, 1.165) is 16.5 Å². The molecule has 0 fully saturated rings. The van der Waals surface area contributed by atoms with Gasteiger partial charge in [-0.3, -0.25) is 10.1 Å². The Balaban J connectivity index is 2.94. The maximum Gasteiger partial charge on any atom is 0.273 e. The van der Waals surface area contributed by atoms with Gasteiger partial charge in [-0.15, -0.1) is 11.6 Å². The molecule has 5 heteroatoms. The van der Waals surface area contributed by atoms with Crippen molar-refractivity contribution in [1.29, 1.82) is 0 Å². The van der Waals surface area contributed by atoms with Crippen molar-refractivity contribution in [2.75, 3.05) is 0 Å². The highest BCUT2D eigenvalue weighted by molar-refractivity contribution is 9.10. The fourth-order valence-electron chi connectivity index (χ4n) is 1.76. The second kappa shape index (κ2) is 6.36. The number of hydrogen-bond acceptors (Lipinski definition) is 2. The van der Waals surface area contributed by atoms with Gasteiger partial charge >= 0.3 is 0 Å². The molecule has 0 aromatic heterocycles. The summed E-state index contributed by atoms with van der Waals surface area (Å²) in [5.74, 6) is 0.224. The Labute approximate surface area is 114 Å². The Hall–Kier alpha value is -0.610. The molecular weight excluding hydrogens is 305 g/mol. The molecule has 0 bridgehead atoms. The minimum Gasteiger partial charge on any atom is -0.258 e. The molecule has 0 aliphatic carbocycles. The quantitative estimate of drug-likeness (QED) is 0.453. The first-order valence-corrected chi connectivity index (χ1v) is 6.75. The molecule has 0 radical (unpaired) electrons. The molecular formula is C12H15BrClNO2. The maximum absolute atomic E-state index is 10.9. The highest BCUT2D eigenvalue weighted by Gasteiger charge is 2.19. The second-order valence-corrected chi connectivity index (χ2v) is 5.61. The summed E-state index contributed by atoms with van der Waals surface area (Å²) >= 11 is 9.39. The lowest BCUT2D eigenvalue weighted by atomic mass is 9.95. The zero-order chi connectivity index (χ0) is 13.0. The molecule has 94 valence electrons. The molecule has 0 spiro atoms. The predicted molar refractivity (Wildman–Crippen MR) is 73.6 cm³/mol. The van der Waals surface area contributed by atoms with E-state index >= 15 is 0 Å². The van der Waals surface area contributed by atoms with Gasteiger partial charge in [0.15, 0.2) is 0 Å². The molecule has 0 saturated heterocycles. The van der Waals surface area contributed by atoms with Crippen LogP contribution in [0.1, 0.15) is 25.8 Å². The summed E-state index contributed by atoms with van der Waals surface area (Å²) < 4.78 is 0.721. The molecule has 0 heterocycles. The van der Waals surface area contributed by atoms with Gasteiger partial charge in [-0.2, -0.15) is 0 Å². The number of rotatable bonds is 5. The van der Waals surface area contributed by atoms with Crippen molar-refractivity contribution in [2.24, 2.45) is 5.92 Å². The molecule has 2 atom stereocenters. The van der Waals surface area contributed by atoms with Crippen molar-refractivity contribution < 1.29 is 4.92 Å². The highest BCUT2D eigenvalue weighted by atomic mass is 79.9. The van der Waals surface area contributed by atoms with Gasteiger partial charge in [-0.25, -0.2) is 0 Å². The van der Waals surface area contributed by atoms with Crippen LogP contribution in [0.5, 0.6) is 0 Å². The van der Waals surface area contributed by atoms with Crippen LogP contribution in [0, 0.1) is 16.0 Å². The monoisotopic (exact) mass is 319 g/mol. The van der Waals surface area contributed by atoms with Gasteiger partial charge < -0.3 is 0 Å². The number of benzene rings is 1. The van der Waals surface area contributed by atoms with Crippen LogP contribution in [0.2, 0.25) is 0 Å². The molecule has 0 amide bonds. The lowest BCUT2D eigenvalue weighted by molar-refractivity contribution is -0.385. The van der Waals surface area contributed by atoms with E-state index in [-0.39, 0.29) is 21.9 Å². The smallest absolute Gasteiger partial charge is 0.258 e. The van der Waals surface area contributed by atoms with Crippen LogP contribution in [0.25, 0.3) is 0 Å². The van der Waals surface area contributed by atoms with Crippen molar-refractivity contribution in [3.8, 4) is 0 Å². The molecule has 1 aromatic rings. The Bertz CT molecular complexity index is 411. The SMILES string of the molecule is CCC(Cl)C(C)Cc1ccc(Br)cc1[N+](=O)[O-]. The number of alkyl halides is 1. The van der Waals surface area contributed by atoms with Gasteiger partial charge in [-0.05, 0) is 24.8 Å². The Morgan fingerprint density at radius 1 is 1.53 bits per heavy atom. The Morgan fingerprint density at radius 2 is 2.18 bits per heavy atom. The van der Waals surface area contributed by atoms with Gasteiger partial charge in [0.25, 0.3) is 5.69 Å². The van der Waals surface area contributed by atoms with Crippen LogP contribution in [0.15, 0.2) is 22.7 Å². The summed E-state index contributed by atoms with van der Waals surface area (Å²) in [5, 5.41) is 11.0. The van der Waals surface area contributed by atoms with Crippen molar-refractivity contribution in [3.63, 3.8) is 0 Å². The van der Waals surface area contributed by atoms with Gasteiger partial charge in [-0.1, -0.05) is 35.8 Å². The summed E-state index contributed by atoms with van der Waals surface area (Å²) in [6.07, 6.45) is 1.50. The lowest BCUT2D eigenvalue weighted by Crippen LogP contribution is -2.13.